The highest BCUT2D eigenvalue weighted by Gasteiger charge is 2.27. The zero-order valence-electron chi connectivity index (χ0n) is 13.5. The Bertz CT molecular complexity index is 553. The van der Waals surface area contributed by atoms with Gasteiger partial charge in [-0.05, 0) is 32.0 Å². The van der Waals surface area contributed by atoms with Gasteiger partial charge in [-0.3, -0.25) is 9.59 Å². The zero-order valence-corrected chi connectivity index (χ0v) is 14.3. The average Bonchev–Trinajstić information content (AvgIpc) is 2.50. The lowest BCUT2D eigenvalue weighted by Gasteiger charge is -2.38. The van der Waals surface area contributed by atoms with Crippen LogP contribution in [0.1, 0.15) is 30.6 Å². The monoisotopic (exact) mass is 341 g/mol. The summed E-state index contributed by atoms with van der Waals surface area (Å²) in [7, 11) is 0. The Kier molecular flexibility index (Phi) is 7.32. The molecule has 7 heteroatoms. The predicted molar refractivity (Wildman–Crippen MR) is 91.0 cm³/mol. The molecule has 0 aromatic heterocycles. The van der Waals surface area contributed by atoms with E-state index in [4.69, 9.17) is 10.5 Å². The van der Waals surface area contributed by atoms with E-state index < -0.39 is 5.91 Å². The van der Waals surface area contributed by atoms with Crippen molar-refractivity contribution in [2.75, 3.05) is 19.7 Å². The van der Waals surface area contributed by atoms with E-state index in [0.29, 0.717) is 23.8 Å². The molecule has 1 fully saturated rings. The van der Waals surface area contributed by atoms with E-state index >= 15 is 0 Å². The molecule has 3 N–H and O–H groups in total. The van der Waals surface area contributed by atoms with Crippen LogP contribution in [-0.2, 0) is 4.79 Å². The van der Waals surface area contributed by atoms with Crippen molar-refractivity contribution < 1.29 is 14.3 Å². The van der Waals surface area contributed by atoms with Crippen molar-refractivity contribution in [3.63, 3.8) is 0 Å². The molecular weight excluding hydrogens is 318 g/mol. The summed E-state index contributed by atoms with van der Waals surface area (Å²) < 4.78 is 5.55. The number of primary amides is 1. The van der Waals surface area contributed by atoms with Crippen LogP contribution in [0.15, 0.2) is 24.3 Å². The van der Waals surface area contributed by atoms with Crippen LogP contribution in [0.2, 0.25) is 0 Å². The Labute approximate surface area is 142 Å². The molecule has 0 radical (unpaired) electrons. The number of amides is 2. The van der Waals surface area contributed by atoms with Gasteiger partial charge >= 0.3 is 0 Å². The fraction of sp³-hybridized carbons (Fsp3) is 0.500. The zero-order chi connectivity index (χ0) is 16.1. The molecule has 2 rings (SSSR count). The first-order chi connectivity index (χ1) is 10.5. The number of piperazine rings is 1. The Morgan fingerprint density at radius 1 is 1.39 bits per heavy atom. The number of carbonyl (C=O) groups is 2. The normalized spacial score (nSPS) is 20.5. The van der Waals surface area contributed by atoms with Gasteiger partial charge in [0.05, 0.1) is 13.0 Å². The minimum Gasteiger partial charge on any atom is -0.493 e. The fourth-order valence-electron chi connectivity index (χ4n) is 2.55. The standard InChI is InChI=1S/C16H23N3O3.ClH/c1-11-12(2)19(8-7-18-11)15(20)6-9-22-14-5-3-4-13(10-14)16(17)21;/h3-5,10-12,18H,6-9H2,1-2H3,(H2,17,21);1H. The quantitative estimate of drug-likeness (QED) is 0.842. The number of nitrogens with one attached hydrogen (secondary N) is 1. The number of carbonyl (C=O) groups excluding carboxylic acids is 2. The van der Waals surface area contributed by atoms with Gasteiger partial charge in [0.15, 0.2) is 0 Å². The maximum atomic E-state index is 12.3. The molecule has 1 saturated heterocycles. The van der Waals surface area contributed by atoms with Crippen molar-refractivity contribution in [3.05, 3.63) is 29.8 Å². The van der Waals surface area contributed by atoms with Gasteiger partial charge in [-0.15, -0.1) is 12.4 Å². The highest BCUT2D eigenvalue weighted by Crippen LogP contribution is 2.14. The molecule has 23 heavy (non-hydrogen) atoms. The van der Waals surface area contributed by atoms with Gasteiger partial charge in [0.2, 0.25) is 11.8 Å². The molecular formula is C16H24ClN3O3. The second-order valence-electron chi connectivity index (χ2n) is 5.56. The third-order valence-electron chi connectivity index (χ3n) is 4.06. The van der Waals surface area contributed by atoms with E-state index in [1.165, 1.54) is 0 Å². The number of hydrogen-bond donors (Lipinski definition) is 2. The van der Waals surface area contributed by atoms with Crippen molar-refractivity contribution in [1.82, 2.24) is 10.2 Å². The number of rotatable bonds is 5. The van der Waals surface area contributed by atoms with Crippen LogP contribution in [-0.4, -0.2) is 48.5 Å². The van der Waals surface area contributed by atoms with Crippen LogP contribution in [0, 0.1) is 0 Å². The Balaban J connectivity index is 0.00000264. The molecule has 2 atom stereocenters. The van der Waals surface area contributed by atoms with E-state index in [1.807, 2.05) is 11.8 Å². The van der Waals surface area contributed by atoms with Gasteiger partial charge in [-0.1, -0.05) is 6.07 Å². The Morgan fingerprint density at radius 2 is 2.13 bits per heavy atom. The molecule has 0 bridgehead atoms. The largest absolute Gasteiger partial charge is 0.493 e. The second kappa shape index (κ2) is 8.74. The summed E-state index contributed by atoms with van der Waals surface area (Å²) in [5, 5.41) is 3.35. The van der Waals surface area contributed by atoms with E-state index in [0.717, 1.165) is 13.1 Å². The molecule has 1 aromatic rings. The summed E-state index contributed by atoms with van der Waals surface area (Å²) in [5.41, 5.74) is 5.62. The summed E-state index contributed by atoms with van der Waals surface area (Å²) in [6.45, 7) is 5.95. The molecule has 1 aliphatic heterocycles. The van der Waals surface area contributed by atoms with E-state index in [1.54, 1.807) is 24.3 Å². The first-order valence-electron chi connectivity index (χ1n) is 7.54. The molecule has 2 amide bonds. The van der Waals surface area contributed by atoms with E-state index in [9.17, 15) is 9.59 Å². The summed E-state index contributed by atoms with van der Waals surface area (Å²) in [6.07, 6.45) is 0.317. The van der Waals surface area contributed by atoms with Crippen molar-refractivity contribution in [2.24, 2.45) is 5.73 Å². The number of hydrogen-bond acceptors (Lipinski definition) is 4. The lowest BCUT2D eigenvalue weighted by molar-refractivity contribution is -0.135. The first-order valence-corrected chi connectivity index (χ1v) is 7.54. The molecule has 0 spiro atoms. The van der Waals surface area contributed by atoms with Gasteiger partial charge in [0.1, 0.15) is 5.75 Å². The lowest BCUT2D eigenvalue weighted by atomic mass is 10.1. The lowest BCUT2D eigenvalue weighted by Crippen LogP contribution is -2.57. The average molecular weight is 342 g/mol. The molecule has 128 valence electrons. The minimum atomic E-state index is -0.495. The molecule has 2 unspecified atom stereocenters. The van der Waals surface area contributed by atoms with Gasteiger partial charge < -0.3 is 20.7 Å². The Hall–Kier alpha value is -1.79. The van der Waals surface area contributed by atoms with E-state index in [2.05, 4.69) is 12.2 Å². The topological polar surface area (TPSA) is 84.7 Å². The van der Waals surface area contributed by atoms with Crippen molar-refractivity contribution in [1.29, 1.82) is 0 Å². The fourth-order valence-corrected chi connectivity index (χ4v) is 2.55. The molecule has 0 aliphatic carbocycles. The number of ether oxygens (including phenoxy) is 1. The maximum Gasteiger partial charge on any atom is 0.248 e. The van der Waals surface area contributed by atoms with Crippen LogP contribution in [0.4, 0.5) is 0 Å². The molecule has 6 nitrogen and oxygen atoms in total. The summed E-state index contributed by atoms with van der Waals surface area (Å²) >= 11 is 0. The van der Waals surface area contributed by atoms with Gasteiger partial charge in [0.25, 0.3) is 0 Å². The van der Waals surface area contributed by atoms with Gasteiger partial charge in [-0.25, -0.2) is 0 Å². The van der Waals surface area contributed by atoms with Crippen LogP contribution in [0.3, 0.4) is 0 Å². The molecule has 1 aromatic carbocycles. The van der Waals surface area contributed by atoms with Gasteiger partial charge in [-0.2, -0.15) is 0 Å². The van der Waals surface area contributed by atoms with Gasteiger partial charge in [0, 0.05) is 30.7 Å². The number of nitrogens with zero attached hydrogens (tertiary/aromatic N) is 1. The maximum absolute atomic E-state index is 12.3. The summed E-state index contributed by atoms with van der Waals surface area (Å²) in [5.74, 6) is 0.142. The van der Waals surface area contributed by atoms with Crippen molar-refractivity contribution in [2.45, 2.75) is 32.4 Å². The van der Waals surface area contributed by atoms with Crippen LogP contribution in [0.5, 0.6) is 5.75 Å². The minimum absolute atomic E-state index is 0. The highest BCUT2D eigenvalue weighted by atomic mass is 35.5. The molecule has 1 aliphatic rings. The number of nitrogens with two attached hydrogens (primary N) is 1. The number of halogens is 1. The van der Waals surface area contributed by atoms with Crippen molar-refractivity contribution in [3.8, 4) is 5.75 Å². The highest BCUT2D eigenvalue weighted by molar-refractivity contribution is 5.93. The molecule has 0 saturated carbocycles. The summed E-state index contributed by atoms with van der Waals surface area (Å²) in [4.78, 5) is 25.3. The third-order valence-corrected chi connectivity index (χ3v) is 4.06. The van der Waals surface area contributed by atoms with Crippen molar-refractivity contribution >= 4 is 24.2 Å². The summed E-state index contributed by atoms with van der Waals surface area (Å²) in [6, 6.07) is 7.14. The third kappa shape index (κ3) is 5.11. The number of benzene rings is 1. The predicted octanol–water partition coefficient (Wildman–Crippen LogP) is 1.18. The van der Waals surface area contributed by atoms with Crippen LogP contribution in [0.25, 0.3) is 0 Å². The Morgan fingerprint density at radius 3 is 2.83 bits per heavy atom. The smallest absolute Gasteiger partial charge is 0.248 e. The van der Waals surface area contributed by atoms with Crippen LogP contribution >= 0.6 is 12.4 Å². The second-order valence-corrected chi connectivity index (χ2v) is 5.56. The molecule has 1 heterocycles. The van der Waals surface area contributed by atoms with Crippen LogP contribution < -0.4 is 15.8 Å². The van der Waals surface area contributed by atoms with E-state index in [-0.39, 0.29) is 31.0 Å². The SMILES string of the molecule is CC1NCCN(C(=O)CCOc2cccc(C(N)=O)c2)C1C.Cl. The first kappa shape index (κ1) is 19.3.